The molecule has 3 heteroatoms. The summed E-state index contributed by atoms with van der Waals surface area (Å²) in [6.07, 6.45) is 0. The number of para-hydroxylation sites is 1. The summed E-state index contributed by atoms with van der Waals surface area (Å²) < 4.78 is 17.4. The molecule has 0 atom stereocenters. The lowest BCUT2D eigenvalue weighted by atomic mass is 9.94. The molecule has 0 N–H and O–H groups in total. The van der Waals surface area contributed by atoms with E-state index in [2.05, 4.69) is 24.3 Å². The van der Waals surface area contributed by atoms with Crippen LogP contribution in [0.5, 0.6) is 17.2 Å². The van der Waals surface area contributed by atoms with E-state index in [1.165, 1.54) is 0 Å². The molecule has 0 heterocycles. The Hall–Kier alpha value is -3.46. The minimum atomic E-state index is 0.804. The van der Waals surface area contributed by atoms with E-state index in [0.29, 0.717) is 0 Å². The quantitative estimate of drug-likeness (QED) is 0.419. The summed E-state index contributed by atoms with van der Waals surface area (Å²) in [4.78, 5) is 0. The first-order valence-corrected chi connectivity index (χ1v) is 9.15. The summed E-state index contributed by atoms with van der Waals surface area (Å²) in [6.45, 7) is 0. The molecule has 0 radical (unpaired) electrons. The van der Waals surface area contributed by atoms with E-state index in [4.69, 9.17) is 14.2 Å². The number of benzene rings is 4. The number of ether oxygens (including phenoxy) is 3. The Morgan fingerprint density at radius 1 is 0.500 bits per heavy atom. The molecule has 0 spiro atoms. The molecule has 0 bridgehead atoms. The van der Waals surface area contributed by atoms with E-state index in [1.54, 1.807) is 21.3 Å². The maximum Gasteiger partial charge on any atom is 0.134 e. The third kappa shape index (κ3) is 2.95. The van der Waals surface area contributed by atoms with E-state index >= 15 is 0 Å². The number of hydrogen-bond donors (Lipinski definition) is 0. The molecular formula is C25H22O3. The molecule has 0 unspecified atom stereocenters. The van der Waals surface area contributed by atoms with Gasteiger partial charge in [-0.3, -0.25) is 0 Å². The van der Waals surface area contributed by atoms with Crippen molar-refractivity contribution in [3.05, 3.63) is 78.9 Å². The summed E-state index contributed by atoms with van der Waals surface area (Å²) in [5.74, 6) is 2.42. The van der Waals surface area contributed by atoms with Crippen molar-refractivity contribution in [2.24, 2.45) is 0 Å². The van der Waals surface area contributed by atoms with Crippen molar-refractivity contribution in [2.45, 2.75) is 0 Å². The van der Waals surface area contributed by atoms with Gasteiger partial charge in [0, 0.05) is 27.5 Å². The highest BCUT2D eigenvalue weighted by molar-refractivity contribution is 6.01. The topological polar surface area (TPSA) is 27.7 Å². The molecule has 3 nitrogen and oxygen atoms in total. The van der Waals surface area contributed by atoms with E-state index in [-0.39, 0.29) is 0 Å². The van der Waals surface area contributed by atoms with Crippen LogP contribution in [0.4, 0.5) is 0 Å². The van der Waals surface area contributed by atoms with Crippen molar-refractivity contribution < 1.29 is 14.2 Å². The van der Waals surface area contributed by atoms with Gasteiger partial charge in [-0.05, 0) is 11.6 Å². The van der Waals surface area contributed by atoms with Gasteiger partial charge in [0.25, 0.3) is 0 Å². The van der Waals surface area contributed by atoms with Crippen molar-refractivity contribution in [1.82, 2.24) is 0 Å². The van der Waals surface area contributed by atoms with Crippen LogP contribution >= 0.6 is 0 Å². The minimum absolute atomic E-state index is 0.804. The monoisotopic (exact) mass is 370 g/mol. The average Bonchev–Trinajstić information content (AvgIpc) is 2.77. The van der Waals surface area contributed by atoms with Gasteiger partial charge in [-0.1, -0.05) is 72.8 Å². The van der Waals surface area contributed by atoms with Gasteiger partial charge in [0.05, 0.1) is 21.3 Å². The fourth-order valence-electron chi connectivity index (χ4n) is 3.72. The third-order valence-electron chi connectivity index (χ3n) is 4.98. The largest absolute Gasteiger partial charge is 0.496 e. The number of hydrogen-bond acceptors (Lipinski definition) is 3. The second-order valence-corrected chi connectivity index (χ2v) is 6.46. The minimum Gasteiger partial charge on any atom is -0.496 e. The molecule has 0 amide bonds. The molecule has 0 fully saturated rings. The van der Waals surface area contributed by atoms with Gasteiger partial charge in [0.1, 0.15) is 17.2 Å². The van der Waals surface area contributed by atoms with Crippen molar-refractivity contribution in [3.8, 4) is 39.5 Å². The molecule has 0 saturated heterocycles. The van der Waals surface area contributed by atoms with Gasteiger partial charge in [0.2, 0.25) is 0 Å². The smallest absolute Gasteiger partial charge is 0.134 e. The Morgan fingerprint density at radius 3 is 1.82 bits per heavy atom. The molecule has 0 saturated carbocycles. The van der Waals surface area contributed by atoms with Crippen molar-refractivity contribution in [3.63, 3.8) is 0 Å². The first-order valence-electron chi connectivity index (χ1n) is 9.15. The lowest BCUT2D eigenvalue weighted by Gasteiger charge is -2.19. The van der Waals surface area contributed by atoms with Crippen molar-refractivity contribution >= 4 is 10.8 Å². The Kier molecular flexibility index (Phi) is 4.90. The van der Waals surface area contributed by atoms with Crippen LogP contribution in [0.1, 0.15) is 0 Å². The predicted octanol–water partition coefficient (Wildman–Crippen LogP) is 6.20. The normalized spacial score (nSPS) is 10.7. The lowest BCUT2D eigenvalue weighted by Crippen LogP contribution is -1.96. The molecule has 28 heavy (non-hydrogen) atoms. The van der Waals surface area contributed by atoms with Crippen LogP contribution in [0.3, 0.4) is 0 Å². The van der Waals surface area contributed by atoms with Gasteiger partial charge in [-0.15, -0.1) is 0 Å². The summed E-state index contributed by atoms with van der Waals surface area (Å²) >= 11 is 0. The predicted molar refractivity (Wildman–Crippen MR) is 114 cm³/mol. The Balaban J connectivity index is 2.03. The van der Waals surface area contributed by atoms with Crippen LogP contribution in [-0.4, -0.2) is 21.3 Å². The first-order chi connectivity index (χ1) is 13.8. The second kappa shape index (κ2) is 7.65. The van der Waals surface area contributed by atoms with Gasteiger partial charge < -0.3 is 14.2 Å². The maximum atomic E-state index is 5.87. The summed E-state index contributed by atoms with van der Waals surface area (Å²) in [6, 6.07) is 26.5. The molecule has 4 rings (SSSR count). The van der Waals surface area contributed by atoms with E-state index < -0.39 is 0 Å². The molecule has 4 aromatic carbocycles. The summed E-state index contributed by atoms with van der Waals surface area (Å²) in [5.41, 5.74) is 4.04. The molecule has 0 aliphatic carbocycles. The summed E-state index contributed by atoms with van der Waals surface area (Å²) in [5, 5.41) is 2.02. The number of rotatable bonds is 5. The molecule has 140 valence electrons. The second-order valence-electron chi connectivity index (χ2n) is 6.46. The summed E-state index contributed by atoms with van der Waals surface area (Å²) in [7, 11) is 5.09. The standard InChI is InChI=1S/C25H22O3/c1-26-23-16-22(25(28-3)20-13-8-7-12-19(20)23)21-15-9-14-18(24(21)27-2)17-10-5-4-6-11-17/h4-16H,1-3H3. The van der Waals surface area contributed by atoms with Crippen molar-refractivity contribution in [2.75, 3.05) is 21.3 Å². The fraction of sp³-hybridized carbons (Fsp3) is 0.120. The highest BCUT2D eigenvalue weighted by Gasteiger charge is 2.19. The average molecular weight is 370 g/mol. The van der Waals surface area contributed by atoms with E-state index in [9.17, 15) is 0 Å². The molecular weight excluding hydrogens is 348 g/mol. The van der Waals surface area contributed by atoms with Gasteiger partial charge in [-0.2, -0.15) is 0 Å². The van der Waals surface area contributed by atoms with E-state index in [0.717, 1.165) is 50.3 Å². The molecule has 0 aliphatic rings. The van der Waals surface area contributed by atoms with Crippen LogP contribution < -0.4 is 14.2 Å². The molecule has 0 aromatic heterocycles. The van der Waals surface area contributed by atoms with E-state index in [1.807, 2.05) is 54.6 Å². The zero-order valence-electron chi connectivity index (χ0n) is 16.2. The van der Waals surface area contributed by atoms with Gasteiger partial charge in [-0.25, -0.2) is 0 Å². The highest BCUT2D eigenvalue weighted by atomic mass is 16.5. The van der Waals surface area contributed by atoms with Crippen LogP contribution in [0, 0.1) is 0 Å². The zero-order chi connectivity index (χ0) is 19.5. The zero-order valence-corrected chi connectivity index (χ0v) is 16.2. The number of fused-ring (bicyclic) bond motifs is 1. The molecule has 0 aliphatic heterocycles. The first kappa shape index (κ1) is 17.9. The Labute approximate surface area is 165 Å². The Morgan fingerprint density at radius 2 is 1.14 bits per heavy atom. The lowest BCUT2D eigenvalue weighted by molar-refractivity contribution is 0.408. The highest BCUT2D eigenvalue weighted by Crippen LogP contribution is 2.47. The number of methoxy groups -OCH3 is 3. The molecule has 4 aromatic rings. The van der Waals surface area contributed by atoms with Crippen LogP contribution in [0.25, 0.3) is 33.0 Å². The van der Waals surface area contributed by atoms with Crippen molar-refractivity contribution in [1.29, 1.82) is 0 Å². The van der Waals surface area contributed by atoms with Gasteiger partial charge >= 0.3 is 0 Å². The van der Waals surface area contributed by atoms with Crippen LogP contribution in [0.15, 0.2) is 78.9 Å². The fourth-order valence-corrected chi connectivity index (χ4v) is 3.72. The van der Waals surface area contributed by atoms with Crippen LogP contribution in [-0.2, 0) is 0 Å². The van der Waals surface area contributed by atoms with Gasteiger partial charge in [0.15, 0.2) is 0 Å². The van der Waals surface area contributed by atoms with Crippen LogP contribution in [0.2, 0.25) is 0 Å². The third-order valence-corrected chi connectivity index (χ3v) is 4.98. The SMILES string of the molecule is COc1c(-c2ccccc2)cccc1-c1cc(OC)c2ccccc2c1OC. The Bertz CT molecular complexity index is 1120. The maximum absolute atomic E-state index is 5.87.